The van der Waals surface area contributed by atoms with E-state index in [1.54, 1.807) is 0 Å². The van der Waals surface area contributed by atoms with Gasteiger partial charge in [0.15, 0.2) is 11.2 Å². The summed E-state index contributed by atoms with van der Waals surface area (Å²) in [6.07, 6.45) is 1.98. The number of rotatable bonds is 2. The molecule has 1 atom stereocenters. The maximum absolute atomic E-state index is 11.6. The molecule has 0 aliphatic carbocycles. The SMILES string of the molecule is Nc1nc2nc(CC3CCNC3)[nH]c2c(=O)[nH]1. The van der Waals surface area contributed by atoms with Crippen molar-refractivity contribution < 1.29 is 0 Å². The van der Waals surface area contributed by atoms with Crippen LogP contribution in [0.5, 0.6) is 0 Å². The molecule has 0 bridgehead atoms. The minimum Gasteiger partial charge on any atom is -0.369 e. The van der Waals surface area contributed by atoms with Gasteiger partial charge in [0.2, 0.25) is 5.95 Å². The summed E-state index contributed by atoms with van der Waals surface area (Å²) >= 11 is 0. The summed E-state index contributed by atoms with van der Waals surface area (Å²) in [5.41, 5.74) is 6.00. The van der Waals surface area contributed by atoms with Gasteiger partial charge in [0.1, 0.15) is 5.82 Å². The largest absolute Gasteiger partial charge is 0.369 e. The van der Waals surface area contributed by atoms with Gasteiger partial charge in [-0.05, 0) is 25.4 Å². The Morgan fingerprint density at radius 1 is 1.35 bits per heavy atom. The number of aromatic nitrogens is 4. The van der Waals surface area contributed by atoms with Gasteiger partial charge in [-0.25, -0.2) is 4.98 Å². The number of aromatic amines is 2. The monoisotopic (exact) mass is 234 g/mol. The maximum atomic E-state index is 11.6. The van der Waals surface area contributed by atoms with Gasteiger partial charge in [0.05, 0.1) is 0 Å². The standard InChI is InChI=1S/C10H14N6O/c11-10-15-8-7(9(17)16-10)13-6(14-8)3-5-1-2-12-4-5/h5,12H,1-4H2,(H4,11,13,14,15,16,17). The summed E-state index contributed by atoms with van der Waals surface area (Å²) in [4.78, 5) is 25.4. The highest BCUT2D eigenvalue weighted by atomic mass is 16.1. The number of nitrogens with two attached hydrogens (primary N) is 1. The van der Waals surface area contributed by atoms with E-state index >= 15 is 0 Å². The van der Waals surface area contributed by atoms with Crippen LogP contribution >= 0.6 is 0 Å². The second-order valence-corrected chi connectivity index (χ2v) is 4.40. The summed E-state index contributed by atoms with van der Waals surface area (Å²) in [6.45, 7) is 2.06. The lowest BCUT2D eigenvalue weighted by molar-refractivity contribution is 0.565. The third-order valence-electron chi connectivity index (χ3n) is 3.07. The van der Waals surface area contributed by atoms with E-state index in [9.17, 15) is 4.79 Å². The van der Waals surface area contributed by atoms with E-state index in [1.165, 1.54) is 0 Å². The molecular formula is C10H14N6O. The Bertz CT molecular complexity index is 594. The smallest absolute Gasteiger partial charge is 0.278 e. The quantitative estimate of drug-likeness (QED) is 0.553. The lowest BCUT2D eigenvalue weighted by Gasteiger charge is -2.03. The van der Waals surface area contributed by atoms with Crippen LogP contribution in [0, 0.1) is 5.92 Å². The average molecular weight is 234 g/mol. The van der Waals surface area contributed by atoms with Gasteiger partial charge in [0.25, 0.3) is 5.56 Å². The lowest BCUT2D eigenvalue weighted by Crippen LogP contribution is -2.11. The Morgan fingerprint density at radius 2 is 2.24 bits per heavy atom. The molecule has 1 aliphatic heterocycles. The second kappa shape index (κ2) is 3.85. The van der Waals surface area contributed by atoms with Crippen LogP contribution in [0.3, 0.4) is 0 Å². The maximum Gasteiger partial charge on any atom is 0.278 e. The Labute approximate surface area is 96.9 Å². The zero-order chi connectivity index (χ0) is 11.8. The topological polar surface area (TPSA) is 112 Å². The minimum atomic E-state index is -0.268. The van der Waals surface area contributed by atoms with Crippen molar-refractivity contribution in [3.05, 3.63) is 16.2 Å². The van der Waals surface area contributed by atoms with E-state index < -0.39 is 0 Å². The van der Waals surface area contributed by atoms with Gasteiger partial charge < -0.3 is 16.0 Å². The molecule has 5 N–H and O–H groups in total. The summed E-state index contributed by atoms with van der Waals surface area (Å²) in [5.74, 6) is 1.48. The zero-order valence-electron chi connectivity index (χ0n) is 9.29. The third kappa shape index (κ3) is 1.89. The van der Waals surface area contributed by atoms with E-state index in [0.717, 1.165) is 31.8 Å². The molecule has 0 saturated carbocycles. The Morgan fingerprint density at radius 3 is 3.00 bits per heavy atom. The molecule has 7 heteroatoms. The molecule has 0 amide bonds. The molecule has 0 spiro atoms. The molecular weight excluding hydrogens is 220 g/mol. The van der Waals surface area contributed by atoms with Crippen LogP contribution in [-0.4, -0.2) is 33.0 Å². The predicted molar refractivity (Wildman–Crippen MR) is 63.6 cm³/mol. The summed E-state index contributed by atoms with van der Waals surface area (Å²) in [7, 11) is 0. The van der Waals surface area contributed by atoms with Crippen LogP contribution in [0.25, 0.3) is 11.2 Å². The highest BCUT2D eigenvalue weighted by Gasteiger charge is 2.17. The summed E-state index contributed by atoms with van der Waals surface area (Å²) in [5, 5.41) is 3.30. The summed E-state index contributed by atoms with van der Waals surface area (Å²) in [6, 6.07) is 0. The molecule has 2 aromatic heterocycles. The van der Waals surface area contributed by atoms with E-state index in [-0.39, 0.29) is 11.5 Å². The van der Waals surface area contributed by atoms with Crippen molar-refractivity contribution >= 4 is 17.1 Å². The Hall–Kier alpha value is -1.89. The number of fused-ring (bicyclic) bond motifs is 1. The van der Waals surface area contributed by atoms with E-state index in [4.69, 9.17) is 5.73 Å². The Kier molecular flexibility index (Phi) is 2.32. The fourth-order valence-electron chi connectivity index (χ4n) is 2.23. The van der Waals surface area contributed by atoms with E-state index in [0.29, 0.717) is 17.1 Å². The van der Waals surface area contributed by atoms with E-state index in [1.807, 2.05) is 0 Å². The first-order valence-electron chi connectivity index (χ1n) is 5.67. The van der Waals surface area contributed by atoms with Crippen molar-refractivity contribution in [1.29, 1.82) is 0 Å². The third-order valence-corrected chi connectivity index (χ3v) is 3.07. The van der Waals surface area contributed by atoms with Gasteiger partial charge in [0, 0.05) is 6.42 Å². The van der Waals surface area contributed by atoms with Crippen molar-refractivity contribution in [1.82, 2.24) is 25.3 Å². The van der Waals surface area contributed by atoms with Crippen LogP contribution in [-0.2, 0) is 6.42 Å². The highest BCUT2D eigenvalue weighted by molar-refractivity contribution is 5.70. The zero-order valence-corrected chi connectivity index (χ0v) is 9.29. The van der Waals surface area contributed by atoms with Crippen molar-refractivity contribution in [2.45, 2.75) is 12.8 Å². The number of imidazole rings is 1. The van der Waals surface area contributed by atoms with Crippen LogP contribution in [0.1, 0.15) is 12.2 Å². The molecule has 17 heavy (non-hydrogen) atoms. The molecule has 7 nitrogen and oxygen atoms in total. The fourth-order valence-corrected chi connectivity index (χ4v) is 2.23. The highest BCUT2D eigenvalue weighted by Crippen LogP contribution is 2.14. The number of hydrogen-bond acceptors (Lipinski definition) is 5. The van der Waals surface area contributed by atoms with Gasteiger partial charge in [-0.3, -0.25) is 9.78 Å². The second-order valence-electron chi connectivity index (χ2n) is 4.40. The molecule has 1 unspecified atom stereocenters. The molecule has 0 aromatic carbocycles. The van der Waals surface area contributed by atoms with Gasteiger partial charge in [-0.2, -0.15) is 4.98 Å². The molecule has 2 aromatic rings. The number of hydrogen-bond donors (Lipinski definition) is 4. The lowest BCUT2D eigenvalue weighted by atomic mass is 10.1. The molecule has 3 rings (SSSR count). The molecule has 1 saturated heterocycles. The first kappa shape index (κ1) is 10.3. The van der Waals surface area contributed by atoms with Crippen molar-refractivity contribution in [3.63, 3.8) is 0 Å². The van der Waals surface area contributed by atoms with Crippen molar-refractivity contribution in [2.75, 3.05) is 18.8 Å². The molecule has 0 radical (unpaired) electrons. The number of nitrogens with zero attached hydrogens (tertiary/aromatic N) is 2. The first-order valence-corrected chi connectivity index (χ1v) is 5.67. The molecule has 1 fully saturated rings. The van der Waals surface area contributed by atoms with Crippen LogP contribution < -0.4 is 16.6 Å². The molecule has 90 valence electrons. The number of nitrogen functional groups attached to an aromatic ring is 1. The normalized spacial score (nSPS) is 20.1. The predicted octanol–water partition coefficient (Wildman–Crippen LogP) is -0.620. The minimum absolute atomic E-state index is 0.100. The van der Waals surface area contributed by atoms with Crippen molar-refractivity contribution in [3.8, 4) is 0 Å². The number of nitrogens with one attached hydrogen (secondary N) is 3. The van der Waals surface area contributed by atoms with Crippen LogP contribution in [0.15, 0.2) is 4.79 Å². The summed E-state index contributed by atoms with van der Waals surface area (Å²) < 4.78 is 0. The van der Waals surface area contributed by atoms with Gasteiger partial charge in [-0.1, -0.05) is 0 Å². The first-order chi connectivity index (χ1) is 8.22. The number of anilines is 1. The Balaban J connectivity index is 1.95. The average Bonchev–Trinajstić information content (AvgIpc) is 2.87. The molecule has 1 aliphatic rings. The van der Waals surface area contributed by atoms with Crippen LogP contribution in [0.2, 0.25) is 0 Å². The fraction of sp³-hybridized carbons (Fsp3) is 0.500. The molecule has 3 heterocycles. The van der Waals surface area contributed by atoms with Crippen molar-refractivity contribution in [2.24, 2.45) is 5.92 Å². The van der Waals surface area contributed by atoms with Gasteiger partial charge >= 0.3 is 0 Å². The van der Waals surface area contributed by atoms with E-state index in [2.05, 4.69) is 25.3 Å². The number of H-pyrrole nitrogens is 2. The van der Waals surface area contributed by atoms with Crippen LogP contribution in [0.4, 0.5) is 5.95 Å². The van der Waals surface area contributed by atoms with Gasteiger partial charge in [-0.15, -0.1) is 0 Å².